The second kappa shape index (κ2) is 9.67. The van der Waals surface area contributed by atoms with Crippen LogP contribution in [0.15, 0.2) is 29.2 Å². The number of amides is 2. The van der Waals surface area contributed by atoms with Gasteiger partial charge < -0.3 is 30.1 Å². The Kier molecular flexibility index (Phi) is 7.13. The molecular weight excluding hydrogens is 440 g/mol. The molecular formula is C22H25F2N3O6. The van der Waals surface area contributed by atoms with Crippen LogP contribution in [-0.2, 0) is 6.54 Å². The van der Waals surface area contributed by atoms with E-state index in [0.717, 1.165) is 19.4 Å². The maximum absolute atomic E-state index is 13.8. The maximum Gasteiger partial charge on any atom is 0.274 e. The molecule has 4 rings (SSSR count). The Labute approximate surface area is 187 Å². The van der Waals surface area contributed by atoms with Crippen molar-refractivity contribution in [1.29, 1.82) is 0 Å². The van der Waals surface area contributed by atoms with E-state index in [-0.39, 0.29) is 30.4 Å². The molecule has 4 N–H and O–H groups in total. The van der Waals surface area contributed by atoms with Gasteiger partial charge in [-0.2, -0.15) is 0 Å². The van der Waals surface area contributed by atoms with Crippen LogP contribution in [0.25, 0.3) is 0 Å². The molecule has 1 saturated heterocycles. The number of nitrogens with zero attached hydrogens (tertiary/aromatic N) is 2. The topological polar surface area (TPSA) is 132 Å². The van der Waals surface area contributed by atoms with Crippen molar-refractivity contribution in [2.24, 2.45) is 0 Å². The summed E-state index contributed by atoms with van der Waals surface area (Å²) in [5.74, 6) is -3.94. The highest BCUT2D eigenvalue weighted by molar-refractivity contribution is 5.99. The predicted octanol–water partition coefficient (Wildman–Crippen LogP) is 0.911. The third-order valence-corrected chi connectivity index (χ3v) is 5.97. The Bertz CT molecular complexity index is 1140. The SMILES string of the molecule is CC1CCC(O)C2CN1C(=O)c1c(O)c(=O)c(C(=O)NCc3ccc(F)cc3F)cn12.CO. The molecule has 0 spiro atoms. The van der Waals surface area contributed by atoms with Crippen LogP contribution in [-0.4, -0.2) is 62.4 Å². The molecule has 2 aromatic rings. The summed E-state index contributed by atoms with van der Waals surface area (Å²) in [5, 5.41) is 30.4. The van der Waals surface area contributed by atoms with E-state index in [0.29, 0.717) is 18.9 Å². The van der Waals surface area contributed by atoms with Crippen LogP contribution in [0.4, 0.5) is 8.78 Å². The fraction of sp³-hybridized carbons (Fsp3) is 0.409. The van der Waals surface area contributed by atoms with Gasteiger partial charge in [0.15, 0.2) is 11.4 Å². The summed E-state index contributed by atoms with van der Waals surface area (Å²) in [5.41, 5.74) is -1.75. The Morgan fingerprint density at radius 2 is 1.91 bits per heavy atom. The van der Waals surface area contributed by atoms with Crippen molar-refractivity contribution in [3.8, 4) is 5.75 Å². The van der Waals surface area contributed by atoms with Gasteiger partial charge in [0.2, 0.25) is 5.43 Å². The zero-order chi connectivity index (χ0) is 24.4. The number of pyridine rings is 1. The lowest BCUT2D eigenvalue weighted by atomic mass is 10.0. The Balaban J connectivity index is 0.00000149. The molecule has 9 nitrogen and oxygen atoms in total. The van der Waals surface area contributed by atoms with Gasteiger partial charge in [-0.1, -0.05) is 6.07 Å². The van der Waals surface area contributed by atoms with Crippen LogP contribution in [0, 0.1) is 11.6 Å². The lowest BCUT2D eigenvalue weighted by Gasteiger charge is -2.38. The zero-order valence-corrected chi connectivity index (χ0v) is 18.1. The van der Waals surface area contributed by atoms with E-state index in [9.17, 15) is 33.4 Å². The van der Waals surface area contributed by atoms with Crippen molar-refractivity contribution >= 4 is 11.8 Å². The van der Waals surface area contributed by atoms with Gasteiger partial charge in [0.25, 0.3) is 11.8 Å². The monoisotopic (exact) mass is 465 g/mol. The first kappa shape index (κ1) is 24.3. The smallest absolute Gasteiger partial charge is 0.274 e. The van der Waals surface area contributed by atoms with E-state index < -0.39 is 52.3 Å². The van der Waals surface area contributed by atoms with Gasteiger partial charge in [-0.3, -0.25) is 14.4 Å². The lowest BCUT2D eigenvalue weighted by molar-refractivity contribution is 0.0503. The number of aliphatic hydroxyl groups excluding tert-OH is 2. The summed E-state index contributed by atoms with van der Waals surface area (Å²) in [6.07, 6.45) is 1.27. The van der Waals surface area contributed by atoms with Crippen LogP contribution in [0.3, 0.4) is 0 Å². The first-order chi connectivity index (χ1) is 15.7. The third kappa shape index (κ3) is 4.46. The molecule has 1 aromatic heterocycles. The number of halogens is 2. The average Bonchev–Trinajstić information content (AvgIpc) is 2.92. The van der Waals surface area contributed by atoms with Gasteiger partial charge in [0.1, 0.15) is 17.2 Å². The summed E-state index contributed by atoms with van der Waals surface area (Å²) in [6, 6.07) is 2.07. The van der Waals surface area contributed by atoms with E-state index >= 15 is 0 Å². The molecule has 178 valence electrons. The highest BCUT2D eigenvalue weighted by Gasteiger charge is 2.42. The number of hydrogen-bond donors (Lipinski definition) is 4. The number of carbonyl (C=O) groups excluding carboxylic acids is 2. The van der Waals surface area contributed by atoms with Crippen molar-refractivity contribution in [2.75, 3.05) is 13.7 Å². The molecule has 3 atom stereocenters. The molecule has 1 aromatic carbocycles. The van der Waals surface area contributed by atoms with Gasteiger partial charge >= 0.3 is 0 Å². The van der Waals surface area contributed by atoms with Gasteiger partial charge in [-0.05, 0) is 25.8 Å². The van der Waals surface area contributed by atoms with E-state index in [2.05, 4.69) is 5.32 Å². The van der Waals surface area contributed by atoms with Crippen molar-refractivity contribution in [2.45, 2.75) is 44.5 Å². The Hall–Kier alpha value is -3.31. The van der Waals surface area contributed by atoms with Gasteiger partial charge in [0.05, 0.1) is 12.1 Å². The lowest BCUT2D eigenvalue weighted by Crippen LogP contribution is -2.49. The van der Waals surface area contributed by atoms with Crippen molar-refractivity contribution < 1.29 is 33.7 Å². The first-order valence-electron chi connectivity index (χ1n) is 10.3. The van der Waals surface area contributed by atoms with Crippen LogP contribution < -0.4 is 10.7 Å². The molecule has 2 aliphatic heterocycles. The number of aliphatic hydroxyl groups is 2. The van der Waals surface area contributed by atoms with Crippen LogP contribution in [0.1, 0.15) is 52.2 Å². The van der Waals surface area contributed by atoms with Gasteiger partial charge in [0, 0.05) is 44.1 Å². The predicted molar refractivity (Wildman–Crippen MR) is 113 cm³/mol. The molecule has 0 radical (unpaired) electrons. The molecule has 33 heavy (non-hydrogen) atoms. The summed E-state index contributed by atoms with van der Waals surface area (Å²) in [6.45, 7) is 1.69. The fourth-order valence-electron chi connectivity index (χ4n) is 4.15. The number of aromatic nitrogens is 1. The normalized spacial score (nSPS) is 21.5. The number of aromatic hydroxyl groups is 1. The van der Waals surface area contributed by atoms with Gasteiger partial charge in [-0.25, -0.2) is 8.78 Å². The average molecular weight is 465 g/mol. The van der Waals surface area contributed by atoms with E-state index in [1.165, 1.54) is 15.5 Å². The van der Waals surface area contributed by atoms with E-state index in [1.807, 2.05) is 6.92 Å². The van der Waals surface area contributed by atoms with Gasteiger partial charge in [-0.15, -0.1) is 0 Å². The standard InChI is InChI=1S/C21H21F2N3O5.CH4O/c1-10-2-5-16(27)15-9-25(10)21(31)17-19(29)18(28)13(8-26(15)17)20(30)24-7-11-3-4-12(22)6-14(11)23;1-2/h3-4,6,8,10,15-16,27,29H,2,5,7,9H2,1H3,(H,24,30);2H,1H3. The second-order valence-corrected chi connectivity index (χ2v) is 7.91. The molecule has 11 heteroatoms. The Morgan fingerprint density at radius 1 is 1.21 bits per heavy atom. The minimum absolute atomic E-state index is 0.0102. The largest absolute Gasteiger partial charge is 0.503 e. The fourth-order valence-corrected chi connectivity index (χ4v) is 4.15. The minimum atomic E-state index is -1.04. The summed E-state index contributed by atoms with van der Waals surface area (Å²) in [7, 11) is 1.00. The minimum Gasteiger partial charge on any atom is -0.503 e. The third-order valence-electron chi connectivity index (χ3n) is 5.97. The number of benzene rings is 1. The number of carbonyl (C=O) groups is 2. The highest BCUT2D eigenvalue weighted by atomic mass is 19.1. The Morgan fingerprint density at radius 3 is 2.58 bits per heavy atom. The molecule has 1 fully saturated rings. The highest BCUT2D eigenvalue weighted by Crippen LogP contribution is 2.34. The van der Waals surface area contributed by atoms with Crippen LogP contribution in [0.2, 0.25) is 0 Å². The molecule has 3 unspecified atom stereocenters. The van der Waals surface area contributed by atoms with E-state index in [1.54, 1.807) is 0 Å². The molecule has 3 heterocycles. The first-order valence-corrected chi connectivity index (χ1v) is 10.3. The van der Waals surface area contributed by atoms with Crippen molar-refractivity contribution in [3.05, 3.63) is 63.1 Å². The number of hydrogen-bond acceptors (Lipinski definition) is 6. The second-order valence-electron chi connectivity index (χ2n) is 7.91. The molecule has 0 aliphatic carbocycles. The summed E-state index contributed by atoms with van der Waals surface area (Å²) in [4.78, 5) is 39.6. The quantitative estimate of drug-likeness (QED) is 0.533. The zero-order valence-electron chi connectivity index (χ0n) is 18.1. The van der Waals surface area contributed by atoms with Crippen LogP contribution in [0.5, 0.6) is 5.75 Å². The molecule has 2 bridgehead atoms. The van der Waals surface area contributed by atoms with Crippen LogP contribution >= 0.6 is 0 Å². The summed E-state index contributed by atoms with van der Waals surface area (Å²) < 4.78 is 28.1. The number of nitrogens with one attached hydrogen (secondary N) is 1. The van der Waals surface area contributed by atoms with Crippen molar-refractivity contribution in [1.82, 2.24) is 14.8 Å². The molecule has 2 amide bonds. The van der Waals surface area contributed by atoms with E-state index in [4.69, 9.17) is 5.11 Å². The summed E-state index contributed by atoms with van der Waals surface area (Å²) >= 11 is 0. The van der Waals surface area contributed by atoms with Crippen molar-refractivity contribution in [3.63, 3.8) is 0 Å². The molecule has 0 saturated carbocycles. The number of fused-ring (bicyclic) bond motifs is 4. The molecule has 2 aliphatic rings. The number of rotatable bonds is 3. The maximum atomic E-state index is 13.8.